The zero-order valence-electron chi connectivity index (χ0n) is 13.4. The Morgan fingerprint density at radius 2 is 1.86 bits per heavy atom. The average Bonchev–Trinajstić information content (AvgIpc) is 2.48. The quantitative estimate of drug-likeness (QED) is 0.725. The largest absolute Gasteiger partial charge is 0.381 e. The van der Waals surface area contributed by atoms with E-state index in [1.54, 1.807) is 0 Å². The summed E-state index contributed by atoms with van der Waals surface area (Å²) in [5, 5.41) is 3.12. The zero-order chi connectivity index (χ0) is 15.3. The number of hydrogen-bond acceptors (Lipinski definition) is 5. The molecule has 2 aliphatic rings. The maximum atomic E-state index is 12.1. The summed E-state index contributed by atoms with van der Waals surface area (Å²) in [5.41, 5.74) is 5.88. The Hall–Kier alpha value is -0.690. The van der Waals surface area contributed by atoms with E-state index >= 15 is 0 Å². The van der Waals surface area contributed by atoms with Gasteiger partial charge in [0.15, 0.2) is 0 Å². The molecule has 2 rings (SSSR count). The molecule has 2 saturated heterocycles. The normalized spacial score (nSPS) is 23.2. The van der Waals surface area contributed by atoms with Crippen LogP contribution in [-0.2, 0) is 9.53 Å². The van der Waals surface area contributed by atoms with Crippen molar-refractivity contribution in [3.05, 3.63) is 0 Å². The maximum Gasteiger partial charge on any atom is 0.234 e. The molecule has 0 bridgehead atoms. The fourth-order valence-electron chi connectivity index (χ4n) is 2.96. The molecule has 6 nitrogen and oxygen atoms in total. The molecule has 6 heteroatoms. The van der Waals surface area contributed by atoms with Crippen LogP contribution >= 0.6 is 0 Å². The van der Waals surface area contributed by atoms with E-state index in [0.717, 1.165) is 52.2 Å². The van der Waals surface area contributed by atoms with Gasteiger partial charge in [0.2, 0.25) is 5.91 Å². The minimum Gasteiger partial charge on any atom is -0.381 e. The number of rotatable bonds is 5. The van der Waals surface area contributed by atoms with E-state index in [9.17, 15) is 4.79 Å². The van der Waals surface area contributed by atoms with E-state index < -0.39 is 0 Å². The Labute approximate surface area is 128 Å². The van der Waals surface area contributed by atoms with Gasteiger partial charge in [-0.25, -0.2) is 0 Å². The topological polar surface area (TPSA) is 70.8 Å². The molecule has 3 N–H and O–H groups in total. The van der Waals surface area contributed by atoms with Gasteiger partial charge in [0, 0.05) is 57.5 Å². The number of ether oxygens (including phenoxy) is 1. The predicted molar refractivity (Wildman–Crippen MR) is 83.1 cm³/mol. The van der Waals surface area contributed by atoms with Crippen molar-refractivity contribution in [1.82, 2.24) is 15.1 Å². The molecule has 0 aromatic carbocycles. The van der Waals surface area contributed by atoms with Gasteiger partial charge in [0.05, 0.1) is 6.54 Å². The highest BCUT2D eigenvalue weighted by molar-refractivity contribution is 5.78. The van der Waals surface area contributed by atoms with Crippen molar-refractivity contribution in [3.8, 4) is 0 Å². The Kier molecular flexibility index (Phi) is 5.98. The number of piperazine rings is 1. The van der Waals surface area contributed by atoms with Gasteiger partial charge in [-0.1, -0.05) is 0 Å². The molecule has 2 heterocycles. The lowest BCUT2D eigenvalue weighted by atomic mass is 10.0. The first-order chi connectivity index (χ1) is 10.0. The van der Waals surface area contributed by atoms with Crippen LogP contribution in [0.3, 0.4) is 0 Å². The third kappa shape index (κ3) is 4.92. The average molecular weight is 298 g/mol. The number of amides is 1. The van der Waals surface area contributed by atoms with Crippen molar-refractivity contribution in [2.45, 2.75) is 38.3 Å². The molecule has 0 aromatic heterocycles. The summed E-state index contributed by atoms with van der Waals surface area (Å²) in [6.45, 7) is 10.9. The van der Waals surface area contributed by atoms with Crippen LogP contribution in [0.1, 0.15) is 26.7 Å². The first-order valence-electron chi connectivity index (χ1n) is 8.06. The monoisotopic (exact) mass is 298 g/mol. The summed E-state index contributed by atoms with van der Waals surface area (Å²) in [4.78, 5) is 16.7. The van der Waals surface area contributed by atoms with Crippen LogP contribution in [0.25, 0.3) is 0 Å². The molecular weight excluding hydrogens is 268 g/mol. The van der Waals surface area contributed by atoms with Crippen LogP contribution in [-0.4, -0.2) is 79.8 Å². The van der Waals surface area contributed by atoms with Crippen LogP contribution in [0.4, 0.5) is 0 Å². The molecular formula is C15H30N4O2. The van der Waals surface area contributed by atoms with Crippen molar-refractivity contribution in [2.75, 3.05) is 52.5 Å². The summed E-state index contributed by atoms with van der Waals surface area (Å²) in [6, 6.07) is 0.295. The second-order valence-electron chi connectivity index (χ2n) is 6.73. The maximum absolute atomic E-state index is 12.1. The van der Waals surface area contributed by atoms with Gasteiger partial charge in [-0.05, 0) is 26.7 Å². The molecule has 2 aliphatic heterocycles. The van der Waals surface area contributed by atoms with Gasteiger partial charge >= 0.3 is 0 Å². The smallest absolute Gasteiger partial charge is 0.234 e. The van der Waals surface area contributed by atoms with Gasteiger partial charge in [-0.3, -0.25) is 14.6 Å². The van der Waals surface area contributed by atoms with E-state index in [0.29, 0.717) is 19.1 Å². The highest BCUT2D eigenvalue weighted by Gasteiger charge is 2.29. The molecule has 0 radical (unpaired) electrons. The van der Waals surface area contributed by atoms with E-state index in [2.05, 4.69) is 29.0 Å². The first kappa shape index (κ1) is 16.7. The summed E-state index contributed by atoms with van der Waals surface area (Å²) in [7, 11) is 0. The molecule has 21 heavy (non-hydrogen) atoms. The highest BCUT2D eigenvalue weighted by atomic mass is 16.5. The SMILES string of the molecule is CC(C)(CN)N1CCN(CC(=O)NC2CCOCC2)CC1. The lowest BCUT2D eigenvalue weighted by Crippen LogP contribution is -2.58. The molecule has 0 spiro atoms. The minimum absolute atomic E-state index is 0.0520. The second-order valence-corrected chi connectivity index (χ2v) is 6.73. The predicted octanol–water partition coefficient (Wildman–Crippen LogP) is -0.363. The molecule has 1 amide bonds. The Morgan fingerprint density at radius 1 is 1.24 bits per heavy atom. The standard InChI is InChI=1S/C15H30N4O2/c1-15(2,12-16)19-7-5-18(6-8-19)11-14(20)17-13-3-9-21-10-4-13/h13H,3-12,16H2,1-2H3,(H,17,20). The number of hydrogen-bond donors (Lipinski definition) is 2. The van der Waals surface area contributed by atoms with Gasteiger partial charge in [-0.15, -0.1) is 0 Å². The number of nitrogens with two attached hydrogens (primary N) is 1. The summed E-state index contributed by atoms with van der Waals surface area (Å²) >= 11 is 0. The molecule has 0 aliphatic carbocycles. The molecule has 0 saturated carbocycles. The lowest BCUT2D eigenvalue weighted by Gasteiger charge is -2.43. The van der Waals surface area contributed by atoms with Crippen molar-refractivity contribution in [1.29, 1.82) is 0 Å². The lowest BCUT2D eigenvalue weighted by molar-refractivity contribution is -0.124. The van der Waals surface area contributed by atoms with Gasteiger partial charge in [0.25, 0.3) is 0 Å². The van der Waals surface area contributed by atoms with Gasteiger partial charge < -0.3 is 15.8 Å². The summed E-state index contributed by atoms with van der Waals surface area (Å²) in [6.07, 6.45) is 1.87. The van der Waals surface area contributed by atoms with E-state index in [1.807, 2.05) is 0 Å². The fourth-order valence-corrected chi connectivity index (χ4v) is 2.96. The Morgan fingerprint density at radius 3 is 2.43 bits per heavy atom. The molecule has 0 atom stereocenters. The zero-order valence-corrected chi connectivity index (χ0v) is 13.4. The third-order valence-electron chi connectivity index (χ3n) is 4.68. The van der Waals surface area contributed by atoms with Crippen LogP contribution in [0.2, 0.25) is 0 Å². The molecule has 2 fully saturated rings. The van der Waals surface area contributed by atoms with E-state index in [-0.39, 0.29) is 11.4 Å². The van der Waals surface area contributed by atoms with Crippen LogP contribution < -0.4 is 11.1 Å². The highest BCUT2D eigenvalue weighted by Crippen LogP contribution is 2.15. The van der Waals surface area contributed by atoms with Gasteiger partial charge in [-0.2, -0.15) is 0 Å². The van der Waals surface area contributed by atoms with Gasteiger partial charge in [0.1, 0.15) is 0 Å². The number of nitrogens with one attached hydrogen (secondary N) is 1. The minimum atomic E-state index is 0.0520. The summed E-state index contributed by atoms with van der Waals surface area (Å²) in [5.74, 6) is 0.147. The fraction of sp³-hybridized carbons (Fsp3) is 0.933. The molecule has 0 aromatic rings. The summed E-state index contributed by atoms with van der Waals surface area (Å²) < 4.78 is 5.31. The Balaban J connectivity index is 1.69. The second kappa shape index (κ2) is 7.54. The third-order valence-corrected chi connectivity index (χ3v) is 4.68. The van der Waals surface area contributed by atoms with Crippen molar-refractivity contribution in [2.24, 2.45) is 5.73 Å². The Bertz CT molecular complexity index is 335. The van der Waals surface area contributed by atoms with Crippen LogP contribution in [0.5, 0.6) is 0 Å². The van der Waals surface area contributed by atoms with Crippen LogP contribution in [0, 0.1) is 0 Å². The van der Waals surface area contributed by atoms with Crippen molar-refractivity contribution in [3.63, 3.8) is 0 Å². The van der Waals surface area contributed by atoms with Crippen molar-refractivity contribution >= 4 is 5.91 Å². The van der Waals surface area contributed by atoms with Crippen LogP contribution in [0.15, 0.2) is 0 Å². The van der Waals surface area contributed by atoms with Crippen molar-refractivity contribution < 1.29 is 9.53 Å². The molecule has 0 unspecified atom stereocenters. The first-order valence-corrected chi connectivity index (χ1v) is 8.06. The molecule has 122 valence electrons. The number of carbonyl (C=O) groups excluding carboxylic acids is 1. The van der Waals surface area contributed by atoms with E-state index in [1.165, 1.54) is 0 Å². The number of nitrogens with zero attached hydrogens (tertiary/aromatic N) is 2. The van der Waals surface area contributed by atoms with E-state index in [4.69, 9.17) is 10.5 Å². The number of carbonyl (C=O) groups is 1.